The molecule has 0 rings (SSSR count). The molecule has 4 nitrogen and oxygen atoms in total. The molecule has 38 heavy (non-hydrogen) atoms. The van der Waals surface area contributed by atoms with Gasteiger partial charge in [-0.2, -0.15) is 0 Å². The Balaban J connectivity index is 0. The Morgan fingerprint density at radius 2 is 0.553 bits per heavy atom. The van der Waals surface area contributed by atoms with E-state index < -0.39 is 0 Å². The Hall–Kier alpha value is -1.06. The zero-order chi connectivity index (χ0) is 28.7. The Morgan fingerprint density at radius 1 is 0.342 bits per heavy atom. The van der Waals surface area contributed by atoms with Crippen LogP contribution in [0.3, 0.4) is 0 Å². The Morgan fingerprint density at radius 3 is 0.763 bits per heavy atom. The first-order valence-corrected chi connectivity index (χ1v) is 17.1. The zero-order valence-electron chi connectivity index (χ0n) is 27.1. The van der Waals surface area contributed by atoms with Crippen LogP contribution < -0.4 is 0 Å². The summed E-state index contributed by atoms with van der Waals surface area (Å²) in [5.41, 5.74) is 0. The first kappa shape index (κ1) is 39.1. The van der Waals surface area contributed by atoms with Gasteiger partial charge in [-0.3, -0.25) is 9.59 Å². The summed E-state index contributed by atoms with van der Waals surface area (Å²) < 4.78 is 0. The molecular weight excluding hydrogens is 468 g/mol. The number of carbonyl (C=O) groups excluding carboxylic acids is 2. The van der Waals surface area contributed by atoms with Gasteiger partial charge in [-0.05, 0) is 40.5 Å². The summed E-state index contributed by atoms with van der Waals surface area (Å²) in [7, 11) is 0. The number of rotatable bonds is 26. The van der Waals surface area contributed by atoms with Crippen molar-refractivity contribution in [2.24, 2.45) is 0 Å². The number of hydrogen-bond acceptors (Lipinski definition) is 2. The highest BCUT2D eigenvalue weighted by atomic mass is 16.2. The second-order valence-electron chi connectivity index (χ2n) is 11.0. The van der Waals surface area contributed by atoms with Crippen molar-refractivity contribution < 1.29 is 9.59 Å². The van der Waals surface area contributed by atoms with Crippen molar-refractivity contribution in [1.82, 2.24) is 9.80 Å². The first-order valence-electron chi connectivity index (χ1n) is 17.1. The van der Waals surface area contributed by atoms with Crippen LogP contribution in [0.2, 0.25) is 0 Å². The molecule has 2 amide bonds. The van der Waals surface area contributed by atoms with Crippen LogP contribution in [0.4, 0.5) is 0 Å². The second kappa shape index (κ2) is 32.2. The molecule has 0 aliphatic carbocycles. The molecule has 0 spiro atoms. The summed E-state index contributed by atoms with van der Waals surface area (Å²) in [5.74, 6) is 0.675. The highest BCUT2D eigenvalue weighted by molar-refractivity contribution is 5.76. The van der Waals surface area contributed by atoms with E-state index in [1.807, 2.05) is 9.80 Å². The lowest BCUT2D eigenvalue weighted by Gasteiger charge is -2.18. The predicted octanol–water partition coefficient (Wildman–Crippen LogP) is 10.3. The van der Waals surface area contributed by atoms with Crippen LogP contribution in [0.1, 0.15) is 183 Å². The molecular formula is C34H70N2O2. The van der Waals surface area contributed by atoms with Gasteiger partial charge in [0.15, 0.2) is 0 Å². The fourth-order valence-corrected chi connectivity index (χ4v) is 5.00. The molecule has 228 valence electrons. The molecule has 0 saturated heterocycles. The quantitative estimate of drug-likeness (QED) is 0.103. The molecule has 4 heteroatoms. The maximum Gasteiger partial charge on any atom is 0.222 e. The summed E-state index contributed by atoms with van der Waals surface area (Å²) >= 11 is 0. The third-order valence-corrected chi connectivity index (χ3v) is 7.72. The van der Waals surface area contributed by atoms with Gasteiger partial charge < -0.3 is 9.80 Å². The van der Waals surface area contributed by atoms with E-state index in [1.165, 1.54) is 116 Å². The van der Waals surface area contributed by atoms with E-state index in [-0.39, 0.29) is 0 Å². The molecule has 0 bridgehead atoms. The SMILES string of the molecule is CCCCCCCCCCCC(=O)N(CC)CC.CCCCCCCCCCCCCC(=O)N(CC)CC. The molecule has 0 aliphatic heterocycles. The van der Waals surface area contributed by atoms with Crippen molar-refractivity contribution in [3.05, 3.63) is 0 Å². The minimum Gasteiger partial charge on any atom is -0.343 e. The van der Waals surface area contributed by atoms with Crippen LogP contribution in [-0.4, -0.2) is 47.8 Å². The fourth-order valence-electron chi connectivity index (χ4n) is 5.00. The number of hydrogen-bond donors (Lipinski definition) is 0. The van der Waals surface area contributed by atoms with Gasteiger partial charge in [0.1, 0.15) is 0 Å². The van der Waals surface area contributed by atoms with Crippen molar-refractivity contribution >= 4 is 11.8 Å². The monoisotopic (exact) mass is 539 g/mol. The normalized spacial score (nSPS) is 10.7. The smallest absolute Gasteiger partial charge is 0.222 e. The van der Waals surface area contributed by atoms with Crippen molar-refractivity contribution in [3.8, 4) is 0 Å². The Bertz CT molecular complexity index is 487. The molecule has 0 aliphatic rings. The average molecular weight is 539 g/mol. The summed E-state index contributed by atoms with van der Waals surface area (Å²) in [6.45, 7) is 16.2. The van der Waals surface area contributed by atoms with E-state index in [1.54, 1.807) is 0 Å². The molecule has 0 aromatic rings. The number of unbranched alkanes of at least 4 members (excludes halogenated alkanes) is 18. The van der Waals surface area contributed by atoms with Crippen LogP contribution in [-0.2, 0) is 9.59 Å². The van der Waals surface area contributed by atoms with E-state index >= 15 is 0 Å². The van der Waals surface area contributed by atoms with Gasteiger partial charge in [-0.1, -0.05) is 129 Å². The minimum atomic E-state index is 0.336. The highest BCUT2D eigenvalue weighted by Crippen LogP contribution is 2.13. The third-order valence-electron chi connectivity index (χ3n) is 7.72. The molecule has 0 heterocycles. The van der Waals surface area contributed by atoms with Gasteiger partial charge in [-0.25, -0.2) is 0 Å². The molecule has 0 fully saturated rings. The second-order valence-corrected chi connectivity index (χ2v) is 11.0. The van der Waals surface area contributed by atoms with Crippen molar-refractivity contribution in [2.75, 3.05) is 26.2 Å². The molecule has 0 aromatic carbocycles. The van der Waals surface area contributed by atoms with Gasteiger partial charge in [0.25, 0.3) is 0 Å². The molecule has 0 saturated carbocycles. The molecule has 0 atom stereocenters. The van der Waals surface area contributed by atoms with E-state index in [0.717, 1.165) is 51.9 Å². The minimum absolute atomic E-state index is 0.336. The van der Waals surface area contributed by atoms with E-state index in [4.69, 9.17) is 0 Å². The largest absolute Gasteiger partial charge is 0.343 e. The number of nitrogens with zero attached hydrogens (tertiary/aromatic N) is 2. The predicted molar refractivity (Wildman–Crippen MR) is 169 cm³/mol. The van der Waals surface area contributed by atoms with Gasteiger partial charge >= 0.3 is 0 Å². The number of carbonyl (C=O) groups is 2. The number of amides is 2. The highest BCUT2D eigenvalue weighted by Gasteiger charge is 2.09. The van der Waals surface area contributed by atoms with Crippen LogP contribution in [0.25, 0.3) is 0 Å². The Kier molecular flexibility index (Phi) is 33.1. The lowest BCUT2D eigenvalue weighted by atomic mass is 10.1. The Labute approximate surface area is 240 Å². The van der Waals surface area contributed by atoms with Gasteiger partial charge in [0, 0.05) is 39.0 Å². The van der Waals surface area contributed by atoms with Crippen molar-refractivity contribution in [3.63, 3.8) is 0 Å². The van der Waals surface area contributed by atoms with E-state index in [9.17, 15) is 9.59 Å². The average Bonchev–Trinajstić information content (AvgIpc) is 2.92. The van der Waals surface area contributed by atoms with Crippen LogP contribution >= 0.6 is 0 Å². The molecule has 0 N–H and O–H groups in total. The third kappa shape index (κ3) is 26.5. The molecule has 0 radical (unpaired) electrons. The summed E-state index contributed by atoms with van der Waals surface area (Å²) in [5, 5.41) is 0. The van der Waals surface area contributed by atoms with Crippen LogP contribution in [0.5, 0.6) is 0 Å². The molecule has 0 aromatic heterocycles. The lowest BCUT2D eigenvalue weighted by Crippen LogP contribution is -2.30. The topological polar surface area (TPSA) is 40.6 Å². The summed E-state index contributed by atoms with van der Waals surface area (Å²) in [4.78, 5) is 27.4. The zero-order valence-corrected chi connectivity index (χ0v) is 27.1. The van der Waals surface area contributed by atoms with E-state index in [0.29, 0.717) is 11.8 Å². The van der Waals surface area contributed by atoms with Crippen LogP contribution in [0.15, 0.2) is 0 Å². The first-order chi connectivity index (χ1) is 18.5. The maximum atomic E-state index is 11.8. The van der Waals surface area contributed by atoms with Crippen LogP contribution in [0, 0.1) is 0 Å². The summed E-state index contributed by atoms with van der Waals surface area (Å²) in [6.07, 6.45) is 28.1. The lowest BCUT2D eigenvalue weighted by molar-refractivity contribution is -0.131. The van der Waals surface area contributed by atoms with E-state index in [2.05, 4.69) is 41.5 Å². The fraction of sp³-hybridized carbons (Fsp3) is 0.941. The maximum absolute atomic E-state index is 11.8. The summed E-state index contributed by atoms with van der Waals surface area (Å²) in [6, 6.07) is 0. The van der Waals surface area contributed by atoms with Crippen molar-refractivity contribution in [1.29, 1.82) is 0 Å². The van der Waals surface area contributed by atoms with Gasteiger partial charge in [0.05, 0.1) is 0 Å². The molecule has 0 unspecified atom stereocenters. The van der Waals surface area contributed by atoms with Gasteiger partial charge in [-0.15, -0.1) is 0 Å². The van der Waals surface area contributed by atoms with Gasteiger partial charge in [0.2, 0.25) is 11.8 Å². The standard InChI is InChI=1S/C18H37NO.C16H33NO/c1-4-7-8-9-10-11-12-13-14-15-16-17-18(20)19(5-2)6-3;1-4-7-8-9-10-11-12-13-14-15-16(18)17(5-2)6-3/h4-17H2,1-3H3;4-15H2,1-3H3. The van der Waals surface area contributed by atoms with Crippen molar-refractivity contribution in [2.45, 2.75) is 183 Å².